The summed E-state index contributed by atoms with van der Waals surface area (Å²) in [6, 6.07) is 0.0150. The lowest BCUT2D eigenvalue weighted by molar-refractivity contribution is -0.143. The first-order valence-corrected chi connectivity index (χ1v) is 12.9. The zero-order chi connectivity index (χ0) is 20.4. The van der Waals surface area contributed by atoms with Crippen molar-refractivity contribution >= 4 is 21.7 Å². The molecule has 164 valence electrons. The van der Waals surface area contributed by atoms with Gasteiger partial charge < -0.3 is 14.5 Å². The number of piperazine rings is 1. The van der Waals surface area contributed by atoms with Crippen LogP contribution in [0.5, 0.6) is 0 Å². The summed E-state index contributed by atoms with van der Waals surface area (Å²) in [7, 11) is -3.03. The van der Waals surface area contributed by atoms with Crippen LogP contribution in [0.15, 0.2) is 0 Å². The Morgan fingerprint density at radius 1 is 0.931 bits per heavy atom. The van der Waals surface area contributed by atoms with Crippen LogP contribution in [-0.2, 0) is 24.2 Å². The van der Waals surface area contributed by atoms with E-state index in [4.69, 9.17) is 4.74 Å². The number of sulfone groups is 1. The number of ether oxygens (including phenoxy) is 1. The standard InChI is InChI=1S/C20H33N3O5S/c24-19(23(16-4-1-2-5-16)17-7-13-29(26,27)15-17)14-21-8-10-22(11-9-21)20(25)18-6-3-12-28-18/h16-18H,1-15H2. The molecule has 1 aliphatic carbocycles. The van der Waals surface area contributed by atoms with E-state index in [1.165, 1.54) is 0 Å². The van der Waals surface area contributed by atoms with Crippen molar-refractivity contribution in [2.75, 3.05) is 50.8 Å². The molecule has 8 nitrogen and oxygen atoms in total. The molecular weight excluding hydrogens is 394 g/mol. The first-order valence-electron chi connectivity index (χ1n) is 11.1. The Hall–Kier alpha value is -1.19. The van der Waals surface area contributed by atoms with Crippen molar-refractivity contribution in [1.29, 1.82) is 0 Å². The zero-order valence-corrected chi connectivity index (χ0v) is 17.9. The molecule has 0 aromatic carbocycles. The Labute approximate surface area is 173 Å². The zero-order valence-electron chi connectivity index (χ0n) is 17.1. The number of hydrogen-bond acceptors (Lipinski definition) is 6. The Morgan fingerprint density at radius 3 is 2.24 bits per heavy atom. The van der Waals surface area contributed by atoms with E-state index < -0.39 is 9.84 Å². The highest BCUT2D eigenvalue weighted by atomic mass is 32.2. The minimum absolute atomic E-state index is 0.0536. The predicted molar refractivity (Wildman–Crippen MR) is 108 cm³/mol. The van der Waals surface area contributed by atoms with Crippen molar-refractivity contribution in [3.63, 3.8) is 0 Å². The molecule has 0 bridgehead atoms. The van der Waals surface area contributed by atoms with Crippen LogP contribution < -0.4 is 0 Å². The Morgan fingerprint density at radius 2 is 1.66 bits per heavy atom. The van der Waals surface area contributed by atoms with Gasteiger partial charge in [-0.2, -0.15) is 0 Å². The van der Waals surface area contributed by atoms with Crippen LogP contribution in [0.3, 0.4) is 0 Å². The third kappa shape index (κ3) is 4.94. The van der Waals surface area contributed by atoms with Crippen LogP contribution in [0.2, 0.25) is 0 Å². The first kappa shape index (κ1) is 21.1. The molecule has 0 radical (unpaired) electrons. The molecule has 2 unspecified atom stereocenters. The minimum atomic E-state index is -3.03. The van der Waals surface area contributed by atoms with E-state index in [9.17, 15) is 18.0 Å². The van der Waals surface area contributed by atoms with Gasteiger partial charge in [-0.05, 0) is 32.1 Å². The van der Waals surface area contributed by atoms with Gasteiger partial charge in [-0.1, -0.05) is 12.8 Å². The Kier molecular flexibility index (Phi) is 6.46. The van der Waals surface area contributed by atoms with E-state index in [2.05, 4.69) is 4.90 Å². The van der Waals surface area contributed by atoms with Gasteiger partial charge in [-0.15, -0.1) is 0 Å². The van der Waals surface area contributed by atoms with Gasteiger partial charge in [0.1, 0.15) is 6.10 Å². The number of hydrogen-bond donors (Lipinski definition) is 0. The first-order chi connectivity index (χ1) is 13.9. The highest BCUT2D eigenvalue weighted by Crippen LogP contribution is 2.29. The summed E-state index contributed by atoms with van der Waals surface area (Å²) in [5.41, 5.74) is 0. The van der Waals surface area contributed by atoms with Crippen molar-refractivity contribution in [2.24, 2.45) is 0 Å². The van der Waals surface area contributed by atoms with Crippen LogP contribution in [0.1, 0.15) is 44.9 Å². The van der Waals surface area contributed by atoms with E-state index in [0.717, 1.165) is 38.5 Å². The van der Waals surface area contributed by atoms with Gasteiger partial charge in [0.25, 0.3) is 5.91 Å². The fourth-order valence-corrected chi connectivity index (χ4v) is 6.97. The topological polar surface area (TPSA) is 87.2 Å². The van der Waals surface area contributed by atoms with Crippen molar-refractivity contribution in [3.8, 4) is 0 Å². The summed E-state index contributed by atoms with van der Waals surface area (Å²) >= 11 is 0. The molecule has 4 fully saturated rings. The lowest BCUT2D eigenvalue weighted by atomic mass is 10.1. The number of amides is 2. The third-order valence-corrected chi connectivity index (χ3v) is 8.61. The number of nitrogens with zero attached hydrogens (tertiary/aromatic N) is 3. The average Bonchev–Trinajstić information content (AvgIpc) is 3.45. The summed E-state index contributed by atoms with van der Waals surface area (Å²) in [6.07, 6.45) is 6.20. The van der Waals surface area contributed by atoms with Gasteiger partial charge in [0.2, 0.25) is 5.91 Å². The van der Waals surface area contributed by atoms with Crippen molar-refractivity contribution in [2.45, 2.75) is 63.1 Å². The molecule has 29 heavy (non-hydrogen) atoms. The highest BCUT2D eigenvalue weighted by molar-refractivity contribution is 7.91. The monoisotopic (exact) mass is 427 g/mol. The third-order valence-electron chi connectivity index (χ3n) is 6.86. The average molecular weight is 428 g/mol. The SMILES string of the molecule is O=C(C1CCCO1)N1CCN(CC(=O)N(C2CCCC2)C2CCS(=O)(=O)C2)CC1. The van der Waals surface area contributed by atoms with Crippen LogP contribution in [0, 0.1) is 0 Å². The maximum atomic E-state index is 13.2. The Balaban J connectivity index is 1.32. The number of rotatable bonds is 5. The fraction of sp³-hybridized carbons (Fsp3) is 0.900. The van der Waals surface area contributed by atoms with Gasteiger partial charge in [-0.3, -0.25) is 14.5 Å². The van der Waals surface area contributed by atoms with Crippen LogP contribution in [0.4, 0.5) is 0 Å². The van der Waals surface area contributed by atoms with E-state index in [1.54, 1.807) is 0 Å². The van der Waals surface area contributed by atoms with Gasteiger partial charge in [-0.25, -0.2) is 8.42 Å². The molecule has 3 aliphatic heterocycles. The summed E-state index contributed by atoms with van der Waals surface area (Å²) < 4.78 is 29.5. The molecule has 4 rings (SSSR count). The lowest BCUT2D eigenvalue weighted by Crippen LogP contribution is -2.55. The van der Waals surface area contributed by atoms with E-state index >= 15 is 0 Å². The smallest absolute Gasteiger partial charge is 0.251 e. The molecule has 1 saturated carbocycles. The molecule has 3 heterocycles. The fourth-order valence-electron chi connectivity index (χ4n) is 5.26. The van der Waals surface area contributed by atoms with Crippen LogP contribution in [0.25, 0.3) is 0 Å². The largest absolute Gasteiger partial charge is 0.368 e. The number of carbonyl (C=O) groups is 2. The van der Waals surface area contributed by atoms with E-state index in [0.29, 0.717) is 45.8 Å². The molecule has 0 aromatic rings. The molecular formula is C20H33N3O5S. The summed E-state index contributed by atoms with van der Waals surface area (Å²) in [5.74, 6) is 0.437. The van der Waals surface area contributed by atoms with E-state index in [1.807, 2.05) is 9.80 Å². The maximum Gasteiger partial charge on any atom is 0.251 e. The molecule has 0 spiro atoms. The second kappa shape index (κ2) is 8.89. The Bertz CT molecular complexity index is 708. The second-order valence-electron chi connectivity index (χ2n) is 8.90. The molecule has 3 saturated heterocycles. The van der Waals surface area contributed by atoms with Crippen molar-refractivity contribution < 1.29 is 22.7 Å². The minimum Gasteiger partial charge on any atom is -0.368 e. The number of carbonyl (C=O) groups excluding carboxylic acids is 2. The lowest BCUT2D eigenvalue weighted by Gasteiger charge is -2.39. The summed E-state index contributed by atoms with van der Waals surface area (Å²) in [6.45, 7) is 3.56. The maximum absolute atomic E-state index is 13.2. The van der Waals surface area contributed by atoms with Gasteiger partial charge in [0, 0.05) is 44.9 Å². The molecule has 2 amide bonds. The predicted octanol–water partition coefficient (Wildman–Crippen LogP) is 0.268. The van der Waals surface area contributed by atoms with Crippen LogP contribution >= 0.6 is 0 Å². The van der Waals surface area contributed by atoms with Gasteiger partial charge in [0.15, 0.2) is 9.84 Å². The normalized spacial score (nSPS) is 30.7. The second-order valence-corrected chi connectivity index (χ2v) is 11.1. The van der Waals surface area contributed by atoms with Gasteiger partial charge >= 0.3 is 0 Å². The highest BCUT2D eigenvalue weighted by Gasteiger charge is 2.39. The van der Waals surface area contributed by atoms with E-state index in [-0.39, 0.29) is 41.5 Å². The van der Waals surface area contributed by atoms with Crippen molar-refractivity contribution in [1.82, 2.24) is 14.7 Å². The molecule has 0 N–H and O–H groups in total. The van der Waals surface area contributed by atoms with Crippen molar-refractivity contribution in [3.05, 3.63) is 0 Å². The quantitative estimate of drug-likeness (QED) is 0.626. The summed E-state index contributed by atoms with van der Waals surface area (Å²) in [4.78, 5) is 31.6. The summed E-state index contributed by atoms with van der Waals surface area (Å²) in [5, 5.41) is 0. The molecule has 9 heteroatoms. The van der Waals surface area contributed by atoms with Crippen LogP contribution in [-0.4, -0.2) is 104 Å². The molecule has 0 aromatic heterocycles. The van der Waals surface area contributed by atoms with Gasteiger partial charge in [0.05, 0.1) is 18.1 Å². The molecule has 4 aliphatic rings. The molecule has 2 atom stereocenters.